The number of amidine groups is 2. The van der Waals surface area contributed by atoms with Gasteiger partial charge in [-0.3, -0.25) is 4.98 Å². The maximum atomic E-state index is 4.98. The number of pyridine rings is 1. The predicted octanol–water partition coefficient (Wildman–Crippen LogP) is 10.8. The summed E-state index contributed by atoms with van der Waals surface area (Å²) in [5.41, 5.74) is 9.96. The summed E-state index contributed by atoms with van der Waals surface area (Å²) in [5, 5.41) is 12.3. The number of aromatic nitrogens is 1. The Hall–Kier alpha value is -7.05. The summed E-state index contributed by atoms with van der Waals surface area (Å²) >= 11 is 0. The Bertz CT molecular complexity index is 2650. The van der Waals surface area contributed by atoms with E-state index >= 15 is 0 Å². The second kappa shape index (κ2) is 12.9. The van der Waals surface area contributed by atoms with Crippen molar-refractivity contribution in [3.05, 3.63) is 205 Å². The zero-order valence-electron chi connectivity index (χ0n) is 28.8. The molecular formula is C47H34N6. The Kier molecular flexibility index (Phi) is 7.50. The monoisotopic (exact) mass is 682 g/mol. The molecule has 0 saturated carbocycles. The van der Waals surface area contributed by atoms with Gasteiger partial charge in [0, 0.05) is 40.0 Å². The predicted molar refractivity (Wildman–Crippen MR) is 218 cm³/mol. The smallest absolute Gasteiger partial charge is 0.159 e. The minimum absolute atomic E-state index is 0.105. The van der Waals surface area contributed by atoms with Crippen LogP contribution in [0.2, 0.25) is 0 Å². The molecule has 0 aliphatic carbocycles. The molecule has 6 nitrogen and oxygen atoms in total. The molecule has 6 heteroatoms. The Morgan fingerprint density at radius 2 is 1.08 bits per heavy atom. The molecule has 2 N–H and O–H groups in total. The van der Waals surface area contributed by atoms with Crippen LogP contribution in [0.5, 0.6) is 0 Å². The Morgan fingerprint density at radius 3 is 1.81 bits per heavy atom. The number of aliphatic imine (C=N–C) groups is 2. The van der Waals surface area contributed by atoms with Crippen molar-refractivity contribution in [2.75, 3.05) is 10.2 Å². The highest BCUT2D eigenvalue weighted by Crippen LogP contribution is 2.53. The Balaban J connectivity index is 0.978. The zero-order valence-corrected chi connectivity index (χ0v) is 28.8. The number of fused-ring (bicyclic) bond motifs is 6. The van der Waals surface area contributed by atoms with Crippen LogP contribution >= 0.6 is 0 Å². The average Bonchev–Trinajstić information content (AvgIpc) is 3.66. The minimum atomic E-state index is -0.232. The van der Waals surface area contributed by atoms with Gasteiger partial charge in [0.2, 0.25) is 0 Å². The van der Waals surface area contributed by atoms with E-state index in [0.29, 0.717) is 0 Å². The first-order chi connectivity index (χ1) is 26.3. The van der Waals surface area contributed by atoms with Crippen LogP contribution in [0.1, 0.15) is 34.6 Å². The average molecular weight is 683 g/mol. The van der Waals surface area contributed by atoms with E-state index in [9.17, 15) is 0 Å². The lowest BCUT2D eigenvalue weighted by atomic mass is 9.99. The maximum Gasteiger partial charge on any atom is 0.159 e. The van der Waals surface area contributed by atoms with Crippen LogP contribution in [0, 0.1) is 0 Å². The van der Waals surface area contributed by atoms with Crippen molar-refractivity contribution in [1.29, 1.82) is 0 Å². The number of anilines is 3. The molecular weight excluding hydrogens is 649 g/mol. The van der Waals surface area contributed by atoms with Crippen LogP contribution in [-0.4, -0.2) is 16.7 Å². The topological polar surface area (TPSA) is 64.9 Å². The molecule has 2 aliphatic heterocycles. The number of rotatable bonds is 6. The Labute approximate surface area is 307 Å². The number of nitrogens with one attached hydrogen (secondary N) is 2. The van der Waals surface area contributed by atoms with E-state index in [2.05, 4.69) is 154 Å². The molecule has 1 aromatic heterocycles. The lowest BCUT2D eigenvalue weighted by molar-refractivity contribution is 0.674. The van der Waals surface area contributed by atoms with Gasteiger partial charge in [-0.05, 0) is 51.2 Å². The van der Waals surface area contributed by atoms with Gasteiger partial charge in [-0.2, -0.15) is 0 Å². The van der Waals surface area contributed by atoms with Gasteiger partial charge < -0.3 is 15.5 Å². The van der Waals surface area contributed by atoms with E-state index in [4.69, 9.17) is 9.98 Å². The van der Waals surface area contributed by atoms with E-state index in [1.54, 1.807) is 0 Å². The van der Waals surface area contributed by atoms with Gasteiger partial charge >= 0.3 is 0 Å². The summed E-state index contributed by atoms with van der Waals surface area (Å²) in [6, 6.07) is 59.5. The molecule has 0 radical (unpaired) electrons. The number of benzene rings is 7. The van der Waals surface area contributed by atoms with Crippen LogP contribution in [0.25, 0.3) is 32.7 Å². The second-order valence-electron chi connectivity index (χ2n) is 13.4. The van der Waals surface area contributed by atoms with E-state index in [0.717, 1.165) is 56.2 Å². The highest BCUT2D eigenvalue weighted by Gasteiger charge is 2.34. The number of hydrogen-bond donors (Lipinski definition) is 2. The first kappa shape index (κ1) is 30.7. The lowest BCUT2D eigenvalue weighted by Crippen LogP contribution is -2.33. The van der Waals surface area contributed by atoms with Gasteiger partial charge in [0.1, 0.15) is 18.2 Å². The molecule has 0 saturated heterocycles. The second-order valence-corrected chi connectivity index (χ2v) is 13.4. The van der Waals surface area contributed by atoms with E-state index in [-0.39, 0.29) is 12.3 Å². The largest absolute Gasteiger partial charge is 0.359 e. The van der Waals surface area contributed by atoms with Crippen molar-refractivity contribution >= 4 is 50.3 Å². The van der Waals surface area contributed by atoms with Gasteiger partial charge in [0.15, 0.2) is 5.84 Å². The first-order valence-corrected chi connectivity index (χ1v) is 17.9. The highest BCUT2D eigenvalue weighted by atomic mass is 15.3. The third kappa shape index (κ3) is 5.49. The number of nitrogens with zero attached hydrogens (tertiary/aromatic N) is 4. The van der Waals surface area contributed by atoms with Crippen LogP contribution < -0.4 is 15.5 Å². The van der Waals surface area contributed by atoms with Crippen LogP contribution in [0.3, 0.4) is 0 Å². The van der Waals surface area contributed by atoms with Crippen molar-refractivity contribution in [3.63, 3.8) is 0 Å². The molecule has 2 atom stereocenters. The molecule has 10 rings (SSSR count). The minimum Gasteiger partial charge on any atom is -0.359 e. The summed E-state index contributed by atoms with van der Waals surface area (Å²) in [5.74, 6) is 1.52. The standard InChI is InChI=1S/C47H34N6/c1-4-12-33(13-5-1)44-50-45(34-14-6-2-7-15-34)52-46(51-44)35-24-20-31(21-25-35)32-22-26-36(27-23-32)47-49-42-41-30-48-29-28-39(41)38-18-10-11-19-40(38)43(42)53(47)37-16-8-3-9-17-37/h1-30,44,47,49H,(H,50,51,52). The molecule has 7 aromatic carbocycles. The van der Waals surface area contributed by atoms with Crippen molar-refractivity contribution in [1.82, 2.24) is 10.3 Å². The molecule has 0 amide bonds. The molecule has 252 valence electrons. The van der Waals surface area contributed by atoms with Gasteiger partial charge in [0.05, 0.1) is 11.4 Å². The molecule has 0 spiro atoms. The van der Waals surface area contributed by atoms with Crippen molar-refractivity contribution in [2.24, 2.45) is 9.98 Å². The van der Waals surface area contributed by atoms with E-state index in [1.807, 2.05) is 48.8 Å². The number of para-hydroxylation sites is 1. The Morgan fingerprint density at radius 1 is 0.472 bits per heavy atom. The van der Waals surface area contributed by atoms with Crippen LogP contribution in [0.15, 0.2) is 192 Å². The summed E-state index contributed by atoms with van der Waals surface area (Å²) in [4.78, 5) is 16.9. The summed E-state index contributed by atoms with van der Waals surface area (Å²) < 4.78 is 0. The van der Waals surface area contributed by atoms with Gasteiger partial charge in [-0.1, -0.05) is 152 Å². The third-order valence-electron chi connectivity index (χ3n) is 10.2. The third-order valence-corrected chi connectivity index (χ3v) is 10.2. The van der Waals surface area contributed by atoms with E-state index < -0.39 is 0 Å². The first-order valence-electron chi connectivity index (χ1n) is 17.9. The van der Waals surface area contributed by atoms with Gasteiger partial charge in [-0.25, -0.2) is 9.98 Å². The summed E-state index contributed by atoms with van der Waals surface area (Å²) in [6.45, 7) is 0. The fraction of sp³-hybridized carbons (Fsp3) is 0.0426. The molecule has 0 fully saturated rings. The molecule has 2 unspecified atom stereocenters. The molecule has 3 heterocycles. The zero-order chi connectivity index (χ0) is 35.1. The highest BCUT2D eigenvalue weighted by molar-refractivity contribution is 6.22. The fourth-order valence-electron chi connectivity index (χ4n) is 7.64. The molecule has 2 aliphatic rings. The molecule has 8 aromatic rings. The molecule has 53 heavy (non-hydrogen) atoms. The van der Waals surface area contributed by atoms with Gasteiger partial charge in [0.25, 0.3) is 0 Å². The van der Waals surface area contributed by atoms with Gasteiger partial charge in [-0.15, -0.1) is 0 Å². The van der Waals surface area contributed by atoms with Crippen LogP contribution in [-0.2, 0) is 0 Å². The SMILES string of the molecule is c1ccc(C2=NC(c3ccccc3)NC(c3ccc(-c4ccc(C5Nc6c(c7ccccc7c7ccncc67)N5c5ccccc5)cc4)cc3)=N2)cc1. The normalized spacial score (nSPS) is 16.4. The summed E-state index contributed by atoms with van der Waals surface area (Å²) in [7, 11) is 0. The molecule has 0 bridgehead atoms. The quantitative estimate of drug-likeness (QED) is 0.171. The number of hydrogen-bond acceptors (Lipinski definition) is 6. The fourth-order valence-corrected chi connectivity index (χ4v) is 7.64. The van der Waals surface area contributed by atoms with Crippen LogP contribution in [0.4, 0.5) is 17.1 Å². The van der Waals surface area contributed by atoms with Crippen molar-refractivity contribution < 1.29 is 0 Å². The van der Waals surface area contributed by atoms with Crippen molar-refractivity contribution in [3.8, 4) is 11.1 Å². The van der Waals surface area contributed by atoms with Crippen molar-refractivity contribution in [2.45, 2.75) is 12.3 Å². The summed E-state index contributed by atoms with van der Waals surface area (Å²) in [6.07, 6.45) is 3.53. The maximum absolute atomic E-state index is 4.98. The lowest BCUT2D eigenvalue weighted by Gasteiger charge is -2.28. The van der Waals surface area contributed by atoms with E-state index in [1.165, 1.54) is 27.4 Å².